The molecule has 0 fully saturated rings. The van der Waals surface area contributed by atoms with Crippen LogP contribution >= 0.6 is 0 Å². The van der Waals surface area contributed by atoms with Crippen molar-refractivity contribution in [2.45, 2.75) is 19.8 Å². The van der Waals surface area contributed by atoms with E-state index in [-0.39, 0.29) is 29.0 Å². The molecule has 0 aromatic heterocycles. The standard InChI is InChI=1S/C17H14F2N2O3/c1-10-13(5-2-6-15(10)21(23)24)17(22)20-7-3-4-11-8-12(18)9-14(19)16(11)20/h2,5-6,8-9H,3-4,7H2,1H3. The maximum atomic E-state index is 14.2. The Morgan fingerprint density at radius 3 is 2.75 bits per heavy atom. The Kier molecular flexibility index (Phi) is 4.01. The molecule has 2 aromatic carbocycles. The predicted molar refractivity (Wildman–Crippen MR) is 84.2 cm³/mol. The minimum atomic E-state index is -0.805. The Morgan fingerprint density at radius 2 is 2.04 bits per heavy atom. The van der Waals surface area contributed by atoms with Gasteiger partial charge in [0.25, 0.3) is 11.6 Å². The molecule has 5 nitrogen and oxygen atoms in total. The first-order valence-electron chi connectivity index (χ1n) is 7.44. The molecule has 2 aromatic rings. The van der Waals surface area contributed by atoms with E-state index in [1.165, 1.54) is 36.1 Å². The van der Waals surface area contributed by atoms with E-state index in [1.54, 1.807) is 0 Å². The van der Waals surface area contributed by atoms with E-state index >= 15 is 0 Å². The van der Waals surface area contributed by atoms with Gasteiger partial charge in [-0.25, -0.2) is 8.78 Å². The first kappa shape index (κ1) is 16.0. The summed E-state index contributed by atoms with van der Waals surface area (Å²) in [7, 11) is 0. The molecule has 0 atom stereocenters. The second kappa shape index (κ2) is 5.99. The number of aryl methyl sites for hydroxylation is 1. The lowest BCUT2D eigenvalue weighted by Gasteiger charge is -2.30. The Hall–Kier alpha value is -2.83. The van der Waals surface area contributed by atoms with Gasteiger partial charge in [0.05, 0.1) is 10.6 Å². The van der Waals surface area contributed by atoms with Crippen molar-refractivity contribution in [1.29, 1.82) is 0 Å². The van der Waals surface area contributed by atoms with Gasteiger partial charge in [-0.2, -0.15) is 0 Å². The third-order valence-corrected chi connectivity index (χ3v) is 4.18. The number of carbonyl (C=O) groups excluding carboxylic acids is 1. The minimum absolute atomic E-state index is 0.0542. The maximum Gasteiger partial charge on any atom is 0.273 e. The number of fused-ring (bicyclic) bond motifs is 1. The highest BCUT2D eigenvalue weighted by Crippen LogP contribution is 2.33. The lowest BCUT2D eigenvalue weighted by atomic mass is 9.98. The monoisotopic (exact) mass is 332 g/mol. The Labute approximate surface area is 136 Å². The molecule has 0 saturated carbocycles. The average Bonchev–Trinajstić information content (AvgIpc) is 2.53. The fourth-order valence-electron chi connectivity index (χ4n) is 3.05. The van der Waals surface area contributed by atoms with Crippen molar-refractivity contribution in [3.8, 4) is 0 Å². The van der Waals surface area contributed by atoms with Crippen molar-refractivity contribution in [1.82, 2.24) is 0 Å². The molecule has 7 heteroatoms. The quantitative estimate of drug-likeness (QED) is 0.621. The molecule has 1 aliphatic heterocycles. The second-order valence-corrected chi connectivity index (χ2v) is 5.66. The van der Waals surface area contributed by atoms with Gasteiger partial charge < -0.3 is 4.90 Å². The highest BCUT2D eigenvalue weighted by molar-refractivity contribution is 6.08. The zero-order chi connectivity index (χ0) is 17.4. The first-order chi connectivity index (χ1) is 11.4. The molecule has 0 radical (unpaired) electrons. The molecule has 24 heavy (non-hydrogen) atoms. The molecule has 0 spiro atoms. The van der Waals surface area contributed by atoms with Crippen LogP contribution < -0.4 is 4.90 Å². The molecule has 0 saturated heterocycles. The summed E-state index contributed by atoms with van der Waals surface area (Å²) in [5.74, 6) is -2.02. The number of rotatable bonds is 2. The molecular formula is C17H14F2N2O3. The number of anilines is 1. The van der Waals surface area contributed by atoms with E-state index in [9.17, 15) is 23.7 Å². The van der Waals surface area contributed by atoms with E-state index in [0.717, 1.165) is 6.07 Å². The fraction of sp³-hybridized carbons (Fsp3) is 0.235. The van der Waals surface area contributed by atoms with Crippen LogP contribution in [0.5, 0.6) is 0 Å². The van der Waals surface area contributed by atoms with Crippen LogP contribution in [0.1, 0.15) is 27.9 Å². The van der Waals surface area contributed by atoms with Gasteiger partial charge in [-0.05, 0) is 37.5 Å². The number of nitrogens with zero attached hydrogens (tertiary/aromatic N) is 2. The number of nitro benzene ring substituents is 1. The number of hydrogen-bond acceptors (Lipinski definition) is 3. The summed E-state index contributed by atoms with van der Waals surface area (Å²) in [6, 6.07) is 6.17. The highest BCUT2D eigenvalue weighted by atomic mass is 19.1. The lowest BCUT2D eigenvalue weighted by Crippen LogP contribution is -2.36. The molecule has 124 valence electrons. The number of halogens is 2. The molecule has 1 aliphatic rings. The Balaban J connectivity index is 2.08. The fourth-order valence-corrected chi connectivity index (χ4v) is 3.05. The number of amides is 1. The number of carbonyl (C=O) groups is 1. The van der Waals surface area contributed by atoms with E-state index in [4.69, 9.17) is 0 Å². The van der Waals surface area contributed by atoms with Crippen LogP contribution in [0.15, 0.2) is 30.3 Å². The van der Waals surface area contributed by atoms with Gasteiger partial charge in [-0.3, -0.25) is 14.9 Å². The Bertz CT molecular complexity index is 852. The van der Waals surface area contributed by atoms with Crippen LogP contribution in [0.4, 0.5) is 20.2 Å². The van der Waals surface area contributed by atoms with Gasteiger partial charge in [0.1, 0.15) is 11.6 Å². The zero-order valence-electron chi connectivity index (χ0n) is 12.9. The van der Waals surface area contributed by atoms with Gasteiger partial charge in [0.15, 0.2) is 0 Å². The molecule has 1 amide bonds. The molecule has 0 unspecified atom stereocenters. The van der Waals surface area contributed by atoms with Crippen LogP contribution in [-0.2, 0) is 6.42 Å². The highest BCUT2D eigenvalue weighted by Gasteiger charge is 2.29. The molecule has 1 heterocycles. The number of nitro groups is 1. The van der Waals surface area contributed by atoms with E-state index < -0.39 is 22.5 Å². The molecule has 0 bridgehead atoms. The molecule has 0 N–H and O–H groups in total. The smallest absolute Gasteiger partial charge is 0.273 e. The SMILES string of the molecule is Cc1c(C(=O)N2CCCc3cc(F)cc(F)c32)cccc1[N+](=O)[O-]. The lowest BCUT2D eigenvalue weighted by molar-refractivity contribution is -0.385. The molecule has 0 aliphatic carbocycles. The third kappa shape index (κ3) is 2.62. The van der Waals surface area contributed by atoms with Crippen molar-refractivity contribution in [2.75, 3.05) is 11.4 Å². The normalized spacial score (nSPS) is 13.5. The summed E-state index contributed by atoms with van der Waals surface area (Å²) in [5.41, 5.74) is 0.675. The maximum absolute atomic E-state index is 14.2. The van der Waals surface area contributed by atoms with Crippen LogP contribution in [0, 0.1) is 28.7 Å². The Morgan fingerprint density at radius 1 is 1.29 bits per heavy atom. The van der Waals surface area contributed by atoms with Gasteiger partial charge in [0.2, 0.25) is 0 Å². The molecular weight excluding hydrogens is 318 g/mol. The van der Waals surface area contributed by atoms with E-state index in [2.05, 4.69) is 0 Å². The van der Waals surface area contributed by atoms with Crippen molar-refractivity contribution in [3.05, 3.63) is 68.8 Å². The van der Waals surface area contributed by atoms with Gasteiger partial charge in [-0.1, -0.05) is 6.07 Å². The zero-order valence-corrected chi connectivity index (χ0v) is 12.9. The van der Waals surface area contributed by atoms with Gasteiger partial charge in [0, 0.05) is 29.8 Å². The topological polar surface area (TPSA) is 63.5 Å². The van der Waals surface area contributed by atoms with Crippen LogP contribution in [-0.4, -0.2) is 17.4 Å². The van der Waals surface area contributed by atoms with Gasteiger partial charge >= 0.3 is 0 Å². The van der Waals surface area contributed by atoms with Crippen LogP contribution in [0.3, 0.4) is 0 Å². The number of benzene rings is 2. The van der Waals surface area contributed by atoms with Crippen LogP contribution in [0.2, 0.25) is 0 Å². The summed E-state index contributed by atoms with van der Waals surface area (Å²) in [4.78, 5) is 24.6. The van der Waals surface area contributed by atoms with E-state index in [0.29, 0.717) is 18.4 Å². The summed E-state index contributed by atoms with van der Waals surface area (Å²) in [6.07, 6.45) is 1.04. The first-order valence-corrected chi connectivity index (χ1v) is 7.44. The predicted octanol–water partition coefficient (Wildman–Crippen LogP) is 3.77. The largest absolute Gasteiger partial charge is 0.305 e. The van der Waals surface area contributed by atoms with Gasteiger partial charge in [-0.15, -0.1) is 0 Å². The molecule has 3 rings (SSSR count). The van der Waals surface area contributed by atoms with Crippen molar-refractivity contribution in [2.24, 2.45) is 0 Å². The second-order valence-electron chi connectivity index (χ2n) is 5.66. The van der Waals surface area contributed by atoms with Crippen molar-refractivity contribution < 1.29 is 18.5 Å². The minimum Gasteiger partial charge on any atom is -0.305 e. The average molecular weight is 332 g/mol. The summed E-state index contributed by atoms with van der Waals surface area (Å²) in [5, 5.41) is 11.0. The van der Waals surface area contributed by atoms with E-state index in [1.807, 2.05) is 0 Å². The number of hydrogen-bond donors (Lipinski definition) is 0. The summed E-state index contributed by atoms with van der Waals surface area (Å²) >= 11 is 0. The van der Waals surface area contributed by atoms with Crippen molar-refractivity contribution >= 4 is 17.3 Å². The summed E-state index contributed by atoms with van der Waals surface area (Å²) < 4.78 is 27.6. The summed E-state index contributed by atoms with van der Waals surface area (Å²) in [6.45, 7) is 1.76. The van der Waals surface area contributed by atoms with Crippen molar-refractivity contribution in [3.63, 3.8) is 0 Å². The third-order valence-electron chi connectivity index (χ3n) is 4.18. The van der Waals surface area contributed by atoms with Crippen LogP contribution in [0.25, 0.3) is 0 Å².